The Labute approximate surface area is 177 Å². The lowest BCUT2D eigenvalue weighted by molar-refractivity contribution is -0.126. The average Bonchev–Trinajstić information content (AvgIpc) is 2.69. The van der Waals surface area contributed by atoms with E-state index in [0.29, 0.717) is 12.8 Å². The molecule has 1 fully saturated rings. The fraction of sp³-hybridized carbons (Fsp3) is 0.550. The molecule has 1 aromatic rings. The van der Waals surface area contributed by atoms with E-state index in [9.17, 15) is 18.0 Å². The Kier molecular flexibility index (Phi) is 7.81. The minimum absolute atomic E-state index is 0.0105. The predicted molar refractivity (Wildman–Crippen MR) is 110 cm³/mol. The van der Waals surface area contributed by atoms with Gasteiger partial charge in [0.2, 0.25) is 15.9 Å². The van der Waals surface area contributed by atoms with Gasteiger partial charge in [-0.3, -0.25) is 4.79 Å². The molecule has 0 bridgehead atoms. The Morgan fingerprint density at radius 2 is 1.77 bits per heavy atom. The molecule has 30 heavy (non-hydrogen) atoms. The number of alkyl carbamates (subject to hydrolysis) is 1. The molecule has 9 nitrogen and oxygen atoms in total. The van der Waals surface area contributed by atoms with E-state index in [1.807, 2.05) is 6.07 Å². The molecule has 2 amide bonds. The summed E-state index contributed by atoms with van der Waals surface area (Å²) in [6.07, 6.45) is 0.228. The van der Waals surface area contributed by atoms with Crippen LogP contribution in [0.5, 0.6) is 0 Å². The SMILES string of the molecule is CC(C)(C)OC(=O)NCCNC(=O)C1CCN(S(=O)(=O)c2ccccc2C#N)CC1. The Bertz CT molecular complexity index is 910. The second kappa shape index (κ2) is 9.91. The van der Waals surface area contributed by atoms with Crippen LogP contribution in [-0.4, -0.2) is 56.5 Å². The van der Waals surface area contributed by atoms with E-state index in [1.165, 1.54) is 16.4 Å². The molecule has 1 aromatic carbocycles. The molecular weight excluding hydrogens is 408 g/mol. The van der Waals surface area contributed by atoms with Crippen molar-refractivity contribution < 1.29 is 22.7 Å². The predicted octanol–water partition coefficient (Wildman–Crippen LogP) is 1.60. The number of sulfonamides is 1. The lowest BCUT2D eigenvalue weighted by Gasteiger charge is -2.30. The highest BCUT2D eigenvalue weighted by molar-refractivity contribution is 7.89. The number of hydrogen-bond acceptors (Lipinski definition) is 6. The molecule has 1 aliphatic heterocycles. The summed E-state index contributed by atoms with van der Waals surface area (Å²) in [5, 5.41) is 14.5. The molecular formula is C20H28N4O5S. The maximum Gasteiger partial charge on any atom is 0.407 e. The van der Waals surface area contributed by atoms with Crippen LogP contribution in [0.25, 0.3) is 0 Å². The van der Waals surface area contributed by atoms with Crippen LogP contribution in [-0.2, 0) is 19.6 Å². The Morgan fingerprint density at radius 1 is 1.17 bits per heavy atom. The second-order valence-electron chi connectivity index (χ2n) is 8.01. The molecule has 1 heterocycles. The highest BCUT2D eigenvalue weighted by Gasteiger charge is 2.33. The number of nitriles is 1. The van der Waals surface area contributed by atoms with Crippen LogP contribution < -0.4 is 10.6 Å². The van der Waals surface area contributed by atoms with Gasteiger partial charge in [0.05, 0.1) is 10.5 Å². The van der Waals surface area contributed by atoms with E-state index in [4.69, 9.17) is 10.00 Å². The van der Waals surface area contributed by atoms with Crippen molar-refractivity contribution in [1.82, 2.24) is 14.9 Å². The van der Waals surface area contributed by atoms with Gasteiger partial charge in [-0.15, -0.1) is 0 Å². The van der Waals surface area contributed by atoms with Crippen molar-refractivity contribution in [3.63, 3.8) is 0 Å². The monoisotopic (exact) mass is 436 g/mol. The number of carbonyl (C=O) groups excluding carboxylic acids is 2. The zero-order valence-electron chi connectivity index (χ0n) is 17.5. The fourth-order valence-electron chi connectivity index (χ4n) is 3.09. The first-order valence-corrected chi connectivity index (χ1v) is 11.2. The molecule has 2 N–H and O–H groups in total. The quantitative estimate of drug-likeness (QED) is 0.652. The third-order valence-electron chi connectivity index (χ3n) is 4.54. The fourth-order valence-corrected chi connectivity index (χ4v) is 4.70. The average molecular weight is 437 g/mol. The summed E-state index contributed by atoms with van der Waals surface area (Å²) in [4.78, 5) is 23.9. The maximum absolute atomic E-state index is 12.8. The number of rotatable bonds is 6. The van der Waals surface area contributed by atoms with Gasteiger partial charge in [0.25, 0.3) is 0 Å². The molecule has 0 atom stereocenters. The van der Waals surface area contributed by atoms with Crippen molar-refractivity contribution >= 4 is 22.0 Å². The summed E-state index contributed by atoms with van der Waals surface area (Å²) in [7, 11) is -3.78. The third kappa shape index (κ3) is 6.43. The first-order chi connectivity index (χ1) is 14.0. The van der Waals surface area contributed by atoms with Gasteiger partial charge in [-0.25, -0.2) is 13.2 Å². The molecule has 0 aliphatic carbocycles. The summed E-state index contributed by atoms with van der Waals surface area (Å²) >= 11 is 0. The Balaban J connectivity index is 1.80. The lowest BCUT2D eigenvalue weighted by Crippen LogP contribution is -2.44. The van der Waals surface area contributed by atoms with Gasteiger partial charge < -0.3 is 15.4 Å². The molecule has 0 aromatic heterocycles. The Hall–Kier alpha value is -2.64. The van der Waals surface area contributed by atoms with Crippen molar-refractivity contribution in [2.75, 3.05) is 26.2 Å². The summed E-state index contributed by atoms with van der Waals surface area (Å²) in [5.74, 6) is -0.473. The molecule has 0 radical (unpaired) electrons. The number of carbonyl (C=O) groups is 2. The normalized spacial score (nSPS) is 15.8. The number of nitrogens with one attached hydrogen (secondary N) is 2. The van der Waals surface area contributed by atoms with Crippen molar-refractivity contribution in [2.45, 2.75) is 44.1 Å². The highest BCUT2D eigenvalue weighted by atomic mass is 32.2. The number of amides is 2. The minimum atomic E-state index is -3.78. The van der Waals surface area contributed by atoms with Gasteiger partial charge in [0.15, 0.2) is 0 Å². The second-order valence-corrected chi connectivity index (χ2v) is 9.91. The van der Waals surface area contributed by atoms with Gasteiger partial charge >= 0.3 is 6.09 Å². The number of piperidine rings is 1. The molecule has 0 spiro atoms. The van der Waals surface area contributed by atoms with Crippen LogP contribution >= 0.6 is 0 Å². The van der Waals surface area contributed by atoms with Crippen molar-refractivity contribution in [1.29, 1.82) is 5.26 Å². The molecule has 10 heteroatoms. The van der Waals surface area contributed by atoms with E-state index in [0.717, 1.165) is 0 Å². The third-order valence-corrected chi connectivity index (χ3v) is 6.50. The molecule has 1 aliphatic rings. The zero-order chi connectivity index (χ0) is 22.4. The van der Waals surface area contributed by atoms with Crippen LogP contribution in [0.4, 0.5) is 4.79 Å². The van der Waals surface area contributed by atoms with E-state index in [1.54, 1.807) is 32.9 Å². The largest absolute Gasteiger partial charge is 0.444 e. The molecule has 2 rings (SSSR count). The first kappa shape index (κ1) is 23.6. The van der Waals surface area contributed by atoms with Gasteiger partial charge in [0, 0.05) is 32.1 Å². The lowest BCUT2D eigenvalue weighted by atomic mass is 9.97. The maximum atomic E-state index is 12.8. The van der Waals surface area contributed by atoms with E-state index < -0.39 is 21.7 Å². The van der Waals surface area contributed by atoms with E-state index in [-0.39, 0.29) is 48.5 Å². The summed E-state index contributed by atoms with van der Waals surface area (Å²) in [6.45, 7) is 6.19. The van der Waals surface area contributed by atoms with Gasteiger partial charge in [-0.2, -0.15) is 9.57 Å². The molecule has 1 saturated heterocycles. The van der Waals surface area contributed by atoms with E-state index in [2.05, 4.69) is 10.6 Å². The number of hydrogen-bond donors (Lipinski definition) is 2. The standard InChI is InChI=1S/C20H28N4O5S/c1-20(2,3)29-19(26)23-11-10-22-18(25)15-8-12-24(13-9-15)30(27,28)17-7-5-4-6-16(17)14-21/h4-7,15H,8-13H2,1-3H3,(H,22,25)(H,23,26). The summed E-state index contributed by atoms with van der Waals surface area (Å²) in [5.41, 5.74) is -0.482. The number of ether oxygens (including phenoxy) is 1. The van der Waals surface area contributed by atoms with Crippen LogP contribution in [0.2, 0.25) is 0 Å². The van der Waals surface area contributed by atoms with E-state index >= 15 is 0 Å². The van der Waals surface area contributed by atoms with Gasteiger partial charge in [0.1, 0.15) is 11.7 Å². The van der Waals surface area contributed by atoms with Crippen molar-refractivity contribution in [3.8, 4) is 6.07 Å². The minimum Gasteiger partial charge on any atom is -0.444 e. The zero-order valence-corrected chi connectivity index (χ0v) is 18.3. The highest BCUT2D eigenvalue weighted by Crippen LogP contribution is 2.25. The van der Waals surface area contributed by atoms with Gasteiger partial charge in [-0.1, -0.05) is 12.1 Å². The van der Waals surface area contributed by atoms with Crippen LogP contribution in [0, 0.1) is 17.2 Å². The van der Waals surface area contributed by atoms with Crippen LogP contribution in [0.3, 0.4) is 0 Å². The van der Waals surface area contributed by atoms with Crippen molar-refractivity contribution in [3.05, 3.63) is 29.8 Å². The molecule has 164 valence electrons. The Morgan fingerprint density at radius 3 is 2.37 bits per heavy atom. The number of benzene rings is 1. The van der Waals surface area contributed by atoms with Gasteiger partial charge in [-0.05, 0) is 45.7 Å². The summed E-state index contributed by atoms with van der Waals surface area (Å²) in [6, 6.07) is 8.00. The smallest absolute Gasteiger partial charge is 0.407 e. The van der Waals surface area contributed by atoms with Crippen LogP contribution in [0.15, 0.2) is 29.2 Å². The first-order valence-electron chi connectivity index (χ1n) is 9.78. The van der Waals surface area contributed by atoms with Crippen molar-refractivity contribution in [2.24, 2.45) is 5.92 Å². The van der Waals surface area contributed by atoms with Crippen LogP contribution in [0.1, 0.15) is 39.2 Å². The molecule has 0 unspecified atom stereocenters. The topological polar surface area (TPSA) is 129 Å². The number of nitrogens with zero attached hydrogens (tertiary/aromatic N) is 2. The molecule has 0 saturated carbocycles. The summed E-state index contributed by atoms with van der Waals surface area (Å²) < 4.78 is 32.1.